The zero-order valence-electron chi connectivity index (χ0n) is 16.7. The number of hydrogen-bond acceptors (Lipinski definition) is 6. The fourth-order valence-corrected chi connectivity index (χ4v) is 4.66. The van der Waals surface area contributed by atoms with Crippen LogP contribution in [0, 0.1) is 12.7 Å². The van der Waals surface area contributed by atoms with E-state index in [4.69, 9.17) is 9.72 Å². The van der Waals surface area contributed by atoms with Crippen molar-refractivity contribution in [1.82, 2.24) is 14.3 Å². The topological polar surface area (TPSA) is 50.1 Å². The standard InChI is InChI=1S/C21H25FN4O2S/c1-3-25(18-7-5-16(22)6-8-18)12-17-11-20(27)26-19(15(2)29-21(26)23-17)13-24-9-4-10-28-14-24/h5-8,11H,3-4,9-10,12-14H2,1-2H3. The maximum atomic E-state index is 13.2. The van der Waals surface area contributed by atoms with Crippen LogP contribution in [0.2, 0.25) is 0 Å². The van der Waals surface area contributed by atoms with E-state index in [1.54, 1.807) is 33.9 Å². The van der Waals surface area contributed by atoms with Gasteiger partial charge < -0.3 is 9.64 Å². The number of rotatable bonds is 6. The van der Waals surface area contributed by atoms with Gasteiger partial charge in [-0.05, 0) is 44.5 Å². The summed E-state index contributed by atoms with van der Waals surface area (Å²) in [4.78, 5) is 23.8. The van der Waals surface area contributed by atoms with Crippen molar-refractivity contribution >= 4 is 22.0 Å². The lowest BCUT2D eigenvalue weighted by Gasteiger charge is -2.26. The van der Waals surface area contributed by atoms with E-state index in [1.807, 2.05) is 13.8 Å². The van der Waals surface area contributed by atoms with E-state index in [0.29, 0.717) is 24.8 Å². The van der Waals surface area contributed by atoms with E-state index in [-0.39, 0.29) is 11.4 Å². The molecule has 1 aliphatic rings. The third-order valence-electron chi connectivity index (χ3n) is 5.20. The molecular weight excluding hydrogens is 391 g/mol. The van der Waals surface area contributed by atoms with Crippen molar-refractivity contribution in [2.75, 3.05) is 31.3 Å². The van der Waals surface area contributed by atoms with E-state index in [0.717, 1.165) is 48.1 Å². The Kier molecular flexibility index (Phi) is 5.94. The molecule has 29 heavy (non-hydrogen) atoms. The van der Waals surface area contributed by atoms with E-state index in [2.05, 4.69) is 9.80 Å². The van der Waals surface area contributed by atoms with E-state index in [1.165, 1.54) is 12.1 Å². The first-order chi connectivity index (χ1) is 14.0. The average molecular weight is 417 g/mol. The number of nitrogens with zero attached hydrogens (tertiary/aromatic N) is 4. The van der Waals surface area contributed by atoms with Crippen LogP contribution in [-0.4, -0.2) is 40.7 Å². The molecule has 0 N–H and O–H groups in total. The predicted molar refractivity (Wildman–Crippen MR) is 113 cm³/mol. The molecule has 8 heteroatoms. The maximum Gasteiger partial charge on any atom is 0.259 e. The Labute approximate surface area is 173 Å². The van der Waals surface area contributed by atoms with Gasteiger partial charge in [-0.15, -0.1) is 11.3 Å². The molecule has 0 radical (unpaired) electrons. The van der Waals surface area contributed by atoms with Crippen molar-refractivity contribution in [1.29, 1.82) is 0 Å². The van der Waals surface area contributed by atoms with Crippen molar-refractivity contribution in [3.63, 3.8) is 0 Å². The Morgan fingerprint density at radius 1 is 1.31 bits per heavy atom. The number of fused-ring (bicyclic) bond motifs is 1. The Hall–Kier alpha value is -2.29. The smallest absolute Gasteiger partial charge is 0.259 e. The second-order valence-corrected chi connectivity index (χ2v) is 8.42. The zero-order chi connectivity index (χ0) is 20.4. The summed E-state index contributed by atoms with van der Waals surface area (Å²) in [7, 11) is 0. The summed E-state index contributed by atoms with van der Waals surface area (Å²) in [6.45, 7) is 8.35. The van der Waals surface area contributed by atoms with Crippen LogP contribution in [0.3, 0.4) is 0 Å². The van der Waals surface area contributed by atoms with Crippen LogP contribution in [0.1, 0.15) is 29.6 Å². The molecule has 154 valence electrons. The fraction of sp³-hybridized carbons (Fsp3) is 0.429. The molecule has 0 spiro atoms. The van der Waals surface area contributed by atoms with Crippen molar-refractivity contribution in [2.45, 2.75) is 33.4 Å². The number of aromatic nitrogens is 2. The lowest BCUT2D eigenvalue weighted by atomic mass is 10.2. The van der Waals surface area contributed by atoms with Crippen LogP contribution in [0.15, 0.2) is 35.1 Å². The molecule has 4 rings (SSSR count). The number of benzene rings is 1. The highest BCUT2D eigenvalue weighted by Crippen LogP contribution is 2.23. The van der Waals surface area contributed by atoms with Crippen molar-refractivity contribution in [2.24, 2.45) is 0 Å². The monoisotopic (exact) mass is 416 g/mol. The van der Waals surface area contributed by atoms with Gasteiger partial charge in [0.05, 0.1) is 24.7 Å². The lowest BCUT2D eigenvalue weighted by Crippen LogP contribution is -2.34. The number of ether oxygens (including phenoxy) is 1. The number of halogens is 1. The summed E-state index contributed by atoms with van der Waals surface area (Å²) < 4.78 is 20.5. The van der Waals surface area contributed by atoms with Crippen LogP contribution < -0.4 is 10.5 Å². The largest absolute Gasteiger partial charge is 0.366 e. The second-order valence-electron chi connectivity index (χ2n) is 7.24. The molecule has 0 unspecified atom stereocenters. The highest BCUT2D eigenvalue weighted by molar-refractivity contribution is 7.17. The van der Waals surface area contributed by atoms with Crippen LogP contribution >= 0.6 is 11.3 Å². The minimum absolute atomic E-state index is 0.0579. The SMILES string of the molecule is CCN(Cc1cc(=O)n2c(CN3CCCOC3)c(C)sc2n1)c1ccc(F)cc1. The van der Waals surface area contributed by atoms with E-state index >= 15 is 0 Å². The number of aryl methyl sites for hydroxylation is 1. The highest BCUT2D eigenvalue weighted by atomic mass is 32.1. The van der Waals surface area contributed by atoms with Gasteiger partial charge in [-0.1, -0.05) is 0 Å². The molecule has 3 heterocycles. The quantitative estimate of drug-likeness (QED) is 0.616. The summed E-state index contributed by atoms with van der Waals surface area (Å²) in [5, 5.41) is 0. The van der Waals surface area contributed by atoms with Gasteiger partial charge in [0.2, 0.25) is 0 Å². The molecule has 1 aromatic carbocycles. The molecule has 6 nitrogen and oxygen atoms in total. The molecule has 0 aliphatic carbocycles. The summed E-state index contributed by atoms with van der Waals surface area (Å²) in [5.41, 5.74) is 2.56. The van der Waals surface area contributed by atoms with Gasteiger partial charge in [-0.3, -0.25) is 14.1 Å². The average Bonchev–Trinajstić information content (AvgIpc) is 3.03. The van der Waals surface area contributed by atoms with Crippen LogP contribution in [0.4, 0.5) is 10.1 Å². The minimum atomic E-state index is -0.261. The molecular formula is C21H25FN4O2S. The van der Waals surface area contributed by atoms with Crippen LogP contribution in [-0.2, 0) is 17.8 Å². The molecule has 1 aliphatic heterocycles. The lowest BCUT2D eigenvalue weighted by molar-refractivity contribution is -0.0184. The summed E-state index contributed by atoms with van der Waals surface area (Å²) >= 11 is 1.54. The van der Waals surface area contributed by atoms with Gasteiger partial charge in [-0.2, -0.15) is 0 Å². The van der Waals surface area contributed by atoms with Gasteiger partial charge in [0.15, 0.2) is 4.96 Å². The van der Waals surface area contributed by atoms with Crippen molar-refractivity contribution < 1.29 is 9.13 Å². The third kappa shape index (κ3) is 4.34. The van der Waals surface area contributed by atoms with Gasteiger partial charge in [0.25, 0.3) is 5.56 Å². The summed E-state index contributed by atoms with van der Waals surface area (Å²) in [6.07, 6.45) is 1.01. The first-order valence-electron chi connectivity index (χ1n) is 9.86. The second kappa shape index (κ2) is 8.61. The fourth-order valence-electron chi connectivity index (χ4n) is 3.66. The normalized spacial score (nSPS) is 15.1. The third-order valence-corrected chi connectivity index (χ3v) is 6.20. The van der Waals surface area contributed by atoms with Gasteiger partial charge >= 0.3 is 0 Å². The Balaban J connectivity index is 1.61. The molecule has 0 atom stereocenters. The Bertz CT molecular complexity index is 1040. The first kappa shape index (κ1) is 20.0. The van der Waals surface area contributed by atoms with Crippen molar-refractivity contribution in [3.05, 3.63) is 62.8 Å². The number of anilines is 1. The zero-order valence-corrected chi connectivity index (χ0v) is 17.5. The molecule has 1 fully saturated rings. The van der Waals surface area contributed by atoms with E-state index < -0.39 is 0 Å². The Morgan fingerprint density at radius 2 is 2.10 bits per heavy atom. The summed E-state index contributed by atoms with van der Waals surface area (Å²) in [6, 6.07) is 8.00. The molecule has 1 saturated heterocycles. The van der Waals surface area contributed by atoms with Crippen molar-refractivity contribution in [3.8, 4) is 0 Å². The number of thiazole rings is 1. The van der Waals surface area contributed by atoms with Crippen LogP contribution in [0.25, 0.3) is 4.96 Å². The van der Waals surface area contributed by atoms with Gasteiger partial charge in [0.1, 0.15) is 5.82 Å². The van der Waals surface area contributed by atoms with Gasteiger partial charge in [0, 0.05) is 42.9 Å². The number of hydrogen-bond donors (Lipinski definition) is 0. The van der Waals surface area contributed by atoms with Gasteiger partial charge in [-0.25, -0.2) is 9.37 Å². The minimum Gasteiger partial charge on any atom is -0.366 e. The summed E-state index contributed by atoms with van der Waals surface area (Å²) in [5.74, 6) is -0.261. The molecule has 0 amide bonds. The molecule has 0 bridgehead atoms. The Morgan fingerprint density at radius 3 is 2.79 bits per heavy atom. The van der Waals surface area contributed by atoms with Crippen LogP contribution in [0.5, 0.6) is 0 Å². The first-order valence-corrected chi connectivity index (χ1v) is 10.7. The predicted octanol–water partition coefficient (Wildman–Crippen LogP) is 3.41. The molecule has 0 saturated carbocycles. The maximum absolute atomic E-state index is 13.2. The van der Waals surface area contributed by atoms with E-state index in [9.17, 15) is 9.18 Å². The molecule has 3 aromatic rings. The highest BCUT2D eigenvalue weighted by Gasteiger charge is 2.18. The molecule has 2 aromatic heterocycles.